The monoisotopic (exact) mass is 280 g/mol. The summed E-state index contributed by atoms with van der Waals surface area (Å²) >= 11 is 1.77. The van der Waals surface area contributed by atoms with Crippen LogP contribution in [-0.2, 0) is 4.79 Å². The van der Waals surface area contributed by atoms with Crippen molar-refractivity contribution in [2.45, 2.75) is 58.2 Å². The molecule has 1 aliphatic rings. The van der Waals surface area contributed by atoms with Gasteiger partial charge < -0.3 is 5.32 Å². The number of carbonyl (C=O) groups excluding carboxylic acids is 1. The van der Waals surface area contributed by atoms with Gasteiger partial charge in [0.05, 0.1) is 6.04 Å². The van der Waals surface area contributed by atoms with Gasteiger partial charge in [0, 0.05) is 16.5 Å². The van der Waals surface area contributed by atoms with Crippen molar-refractivity contribution in [1.29, 1.82) is 0 Å². The van der Waals surface area contributed by atoms with Gasteiger partial charge in [0.25, 0.3) is 0 Å². The van der Waals surface area contributed by atoms with Crippen molar-refractivity contribution in [2.75, 3.05) is 0 Å². The fourth-order valence-corrected chi connectivity index (χ4v) is 3.05. The summed E-state index contributed by atoms with van der Waals surface area (Å²) in [5, 5.41) is 8.64. The lowest BCUT2D eigenvalue weighted by Gasteiger charge is -2.26. The van der Waals surface area contributed by atoms with Crippen LogP contribution in [0, 0.1) is 5.92 Å². The summed E-state index contributed by atoms with van der Waals surface area (Å²) in [7, 11) is 0. The molecule has 1 aromatic rings. The van der Waals surface area contributed by atoms with Crippen LogP contribution in [0.15, 0.2) is 17.5 Å². The molecule has 3 nitrogen and oxygen atoms in total. The van der Waals surface area contributed by atoms with E-state index in [2.05, 4.69) is 28.1 Å². The second-order valence-electron chi connectivity index (χ2n) is 6.46. The highest BCUT2D eigenvalue weighted by Crippen LogP contribution is 2.42. The third-order valence-corrected chi connectivity index (χ3v) is 4.22. The zero-order valence-electron chi connectivity index (χ0n) is 12.2. The molecule has 1 aromatic heterocycles. The summed E-state index contributed by atoms with van der Waals surface area (Å²) < 4.78 is 0. The SMILES string of the molecule is CC(NC(c1cccs1)C1CC1)C(=O)NC(C)(C)C. The van der Waals surface area contributed by atoms with Gasteiger partial charge in [0.15, 0.2) is 0 Å². The molecule has 1 aliphatic carbocycles. The van der Waals surface area contributed by atoms with E-state index >= 15 is 0 Å². The van der Waals surface area contributed by atoms with Gasteiger partial charge in [-0.3, -0.25) is 10.1 Å². The highest BCUT2D eigenvalue weighted by Gasteiger charge is 2.34. The van der Waals surface area contributed by atoms with E-state index in [1.807, 2.05) is 27.7 Å². The molecule has 0 spiro atoms. The standard InChI is InChI=1S/C15H24N2OS/c1-10(14(18)17-15(2,3)4)16-13(11-7-8-11)12-6-5-9-19-12/h5-6,9-11,13,16H,7-8H2,1-4H3,(H,17,18). The fraction of sp³-hybridized carbons (Fsp3) is 0.667. The van der Waals surface area contributed by atoms with E-state index in [0.29, 0.717) is 12.0 Å². The van der Waals surface area contributed by atoms with E-state index in [1.54, 1.807) is 11.3 Å². The molecule has 1 heterocycles. The van der Waals surface area contributed by atoms with Crippen LogP contribution in [-0.4, -0.2) is 17.5 Å². The van der Waals surface area contributed by atoms with Crippen molar-refractivity contribution in [1.82, 2.24) is 10.6 Å². The Morgan fingerprint density at radius 1 is 1.42 bits per heavy atom. The minimum absolute atomic E-state index is 0.0784. The molecule has 2 N–H and O–H groups in total. The van der Waals surface area contributed by atoms with E-state index in [1.165, 1.54) is 17.7 Å². The molecule has 0 radical (unpaired) electrons. The second-order valence-corrected chi connectivity index (χ2v) is 7.44. The van der Waals surface area contributed by atoms with Gasteiger partial charge in [0.2, 0.25) is 5.91 Å². The lowest BCUT2D eigenvalue weighted by atomic mass is 10.1. The molecule has 0 saturated heterocycles. The lowest BCUT2D eigenvalue weighted by molar-refractivity contribution is -0.124. The van der Waals surface area contributed by atoms with Crippen molar-refractivity contribution >= 4 is 17.2 Å². The first-order chi connectivity index (χ1) is 8.87. The Morgan fingerprint density at radius 3 is 2.58 bits per heavy atom. The highest BCUT2D eigenvalue weighted by molar-refractivity contribution is 7.10. The summed E-state index contributed by atoms with van der Waals surface area (Å²) in [5.74, 6) is 0.776. The molecule has 2 rings (SSSR count). The summed E-state index contributed by atoms with van der Waals surface area (Å²) in [4.78, 5) is 13.5. The molecular formula is C15H24N2OS. The molecular weight excluding hydrogens is 256 g/mol. The van der Waals surface area contributed by atoms with Gasteiger partial charge in [0.1, 0.15) is 0 Å². The summed E-state index contributed by atoms with van der Waals surface area (Å²) in [6.07, 6.45) is 2.53. The zero-order valence-corrected chi connectivity index (χ0v) is 13.0. The van der Waals surface area contributed by atoms with E-state index in [4.69, 9.17) is 0 Å². The predicted octanol–water partition coefficient (Wildman–Crippen LogP) is 3.09. The first kappa shape index (κ1) is 14.5. The minimum Gasteiger partial charge on any atom is -0.350 e. The second kappa shape index (κ2) is 5.63. The van der Waals surface area contributed by atoms with E-state index < -0.39 is 0 Å². The molecule has 0 aromatic carbocycles. The van der Waals surface area contributed by atoms with Gasteiger partial charge in [-0.25, -0.2) is 0 Å². The van der Waals surface area contributed by atoms with E-state index in [0.717, 1.165) is 0 Å². The van der Waals surface area contributed by atoms with E-state index in [-0.39, 0.29) is 17.5 Å². The van der Waals surface area contributed by atoms with Crippen LogP contribution < -0.4 is 10.6 Å². The Bertz CT molecular complexity index is 418. The maximum atomic E-state index is 12.1. The van der Waals surface area contributed by atoms with Crippen LogP contribution in [0.2, 0.25) is 0 Å². The number of hydrogen-bond donors (Lipinski definition) is 2. The van der Waals surface area contributed by atoms with Gasteiger partial charge in [-0.2, -0.15) is 0 Å². The number of rotatable bonds is 5. The third kappa shape index (κ3) is 4.32. The van der Waals surface area contributed by atoms with Crippen LogP contribution in [0.25, 0.3) is 0 Å². The van der Waals surface area contributed by atoms with Crippen molar-refractivity contribution in [3.8, 4) is 0 Å². The molecule has 2 unspecified atom stereocenters. The molecule has 2 atom stereocenters. The minimum atomic E-state index is -0.176. The maximum absolute atomic E-state index is 12.1. The Balaban J connectivity index is 1.96. The van der Waals surface area contributed by atoms with Gasteiger partial charge in [-0.1, -0.05) is 6.07 Å². The van der Waals surface area contributed by atoms with Crippen LogP contribution in [0.5, 0.6) is 0 Å². The van der Waals surface area contributed by atoms with Crippen molar-refractivity contribution in [3.05, 3.63) is 22.4 Å². The number of amides is 1. The summed E-state index contributed by atoms with van der Waals surface area (Å²) in [6, 6.07) is 4.42. The predicted molar refractivity (Wildman–Crippen MR) is 80.3 cm³/mol. The first-order valence-corrected chi connectivity index (χ1v) is 7.86. The normalized spacial score (nSPS) is 18.9. The lowest BCUT2D eigenvalue weighted by Crippen LogP contribution is -2.50. The number of carbonyl (C=O) groups is 1. The van der Waals surface area contributed by atoms with E-state index in [9.17, 15) is 4.79 Å². The van der Waals surface area contributed by atoms with Crippen LogP contribution >= 0.6 is 11.3 Å². The maximum Gasteiger partial charge on any atom is 0.237 e. The molecule has 106 valence electrons. The van der Waals surface area contributed by atoms with Gasteiger partial charge in [-0.15, -0.1) is 11.3 Å². The number of thiophene rings is 1. The fourth-order valence-electron chi connectivity index (χ4n) is 2.17. The Hall–Kier alpha value is -0.870. The Labute approximate surface area is 119 Å². The average molecular weight is 280 g/mol. The zero-order chi connectivity index (χ0) is 14.0. The van der Waals surface area contributed by atoms with Crippen molar-refractivity contribution in [2.24, 2.45) is 5.92 Å². The average Bonchev–Trinajstić information content (AvgIpc) is 2.98. The Morgan fingerprint density at radius 2 is 2.11 bits per heavy atom. The summed E-state index contributed by atoms with van der Waals surface area (Å²) in [6.45, 7) is 7.98. The topological polar surface area (TPSA) is 41.1 Å². The van der Waals surface area contributed by atoms with Gasteiger partial charge >= 0.3 is 0 Å². The highest BCUT2D eigenvalue weighted by atomic mass is 32.1. The molecule has 0 bridgehead atoms. The molecule has 0 aliphatic heterocycles. The molecule has 19 heavy (non-hydrogen) atoms. The first-order valence-electron chi connectivity index (χ1n) is 6.98. The molecule has 1 fully saturated rings. The van der Waals surface area contributed by atoms with Crippen LogP contribution in [0.1, 0.15) is 51.5 Å². The van der Waals surface area contributed by atoms with Crippen molar-refractivity contribution < 1.29 is 4.79 Å². The molecule has 1 amide bonds. The van der Waals surface area contributed by atoms with Crippen LogP contribution in [0.4, 0.5) is 0 Å². The smallest absolute Gasteiger partial charge is 0.237 e. The Kier molecular flexibility index (Phi) is 4.31. The van der Waals surface area contributed by atoms with Crippen LogP contribution in [0.3, 0.4) is 0 Å². The number of nitrogens with one attached hydrogen (secondary N) is 2. The molecule has 4 heteroatoms. The summed E-state index contributed by atoms with van der Waals surface area (Å²) in [5.41, 5.74) is -0.176. The number of hydrogen-bond acceptors (Lipinski definition) is 3. The molecule has 1 saturated carbocycles. The third-order valence-electron chi connectivity index (χ3n) is 3.26. The quantitative estimate of drug-likeness (QED) is 0.870. The van der Waals surface area contributed by atoms with Gasteiger partial charge in [-0.05, 0) is 57.9 Å². The van der Waals surface area contributed by atoms with Crippen molar-refractivity contribution in [3.63, 3.8) is 0 Å². The largest absolute Gasteiger partial charge is 0.350 e.